The smallest absolute Gasteiger partial charge is 0.258 e. The lowest BCUT2D eigenvalue weighted by Crippen LogP contribution is -2.18. The number of anilines is 1. The van der Waals surface area contributed by atoms with E-state index in [4.69, 9.17) is 23.2 Å². The van der Waals surface area contributed by atoms with E-state index < -0.39 is 26.5 Å². The second-order valence-corrected chi connectivity index (χ2v) is 6.18. The van der Waals surface area contributed by atoms with E-state index in [2.05, 4.69) is 10.1 Å². The maximum absolute atomic E-state index is 12.2. The summed E-state index contributed by atoms with van der Waals surface area (Å²) in [5.74, 6) is -0.509. The minimum atomic E-state index is -4.21. The molecule has 0 atom stereocenters. The SMILES string of the molecule is Cn1ncc(Cl)c1S(=O)(=O)Nc1nc(Cl)ccc1[N+](=O)[O-]. The average Bonchev–Trinajstić information content (AvgIpc) is 2.68. The maximum atomic E-state index is 12.2. The molecule has 2 heterocycles. The lowest BCUT2D eigenvalue weighted by atomic mass is 10.4. The van der Waals surface area contributed by atoms with Gasteiger partial charge in [0.1, 0.15) is 5.15 Å². The number of nitrogens with zero attached hydrogens (tertiary/aromatic N) is 4. The standard InChI is InChI=1S/C9H7Cl2N5O4S/c1-15-9(5(10)4-12-15)21(19,20)14-8-6(16(17)18)2-3-7(11)13-8/h2-4H,1H3,(H,13,14). The quantitative estimate of drug-likeness (QED) is 0.509. The van der Waals surface area contributed by atoms with Crippen molar-refractivity contribution < 1.29 is 13.3 Å². The van der Waals surface area contributed by atoms with Crippen LogP contribution in [-0.4, -0.2) is 28.1 Å². The highest BCUT2D eigenvalue weighted by Crippen LogP contribution is 2.28. The molecule has 9 nitrogen and oxygen atoms in total. The van der Waals surface area contributed by atoms with Crippen LogP contribution >= 0.6 is 23.2 Å². The Morgan fingerprint density at radius 2 is 2.05 bits per heavy atom. The first kappa shape index (κ1) is 15.5. The molecule has 0 saturated heterocycles. The molecule has 2 rings (SSSR count). The number of aryl methyl sites for hydroxylation is 1. The van der Waals surface area contributed by atoms with Gasteiger partial charge < -0.3 is 0 Å². The van der Waals surface area contributed by atoms with E-state index in [-0.39, 0.29) is 15.2 Å². The number of hydrogen-bond donors (Lipinski definition) is 1. The van der Waals surface area contributed by atoms with Gasteiger partial charge in [0.05, 0.1) is 16.1 Å². The molecule has 0 unspecified atom stereocenters. The van der Waals surface area contributed by atoms with Crippen LogP contribution in [0.15, 0.2) is 23.4 Å². The van der Waals surface area contributed by atoms with Gasteiger partial charge in [0, 0.05) is 13.1 Å². The lowest BCUT2D eigenvalue weighted by molar-refractivity contribution is -0.384. The van der Waals surface area contributed by atoms with Crippen molar-refractivity contribution in [3.05, 3.63) is 38.6 Å². The first-order valence-electron chi connectivity index (χ1n) is 5.23. The highest BCUT2D eigenvalue weighted by molar-refractivity contribution is 7.92. The van der Waals surface area contributed by atoms with Gasteiger partial charge in [-0.05, 0) is 6.07 Å². The number of hydrogen-bond acceptors (Lipinski definition) is 6. The Balaban J connectivity index is 2.51. The molecular weight excluding hydrogens is 345 g/mol. The zero-order valence-electron chi connectivity index (χ0n) is 10.3. The highest BCUT2D eigenvalue weighted by atomic mass is 35.5. The van der Waals surface area contributed by atoms with E-state index in [1.807, 2.05) is 4.72 Å². The molecule has 0 bridgehead atoms. The first-order valence-corrected chi connectivity index (χ1v) is 7.47. The molecular formula is C9H7Cl2N5O4S. The van der Waals surface area contributed by atoms with E-state index >= 15 is 0 Å². The number of nitro groups is 1. The highest BCUT2D eigenvalue weighted by Gasteiger charge is 2.27. The number of nitrogens with one attached hydrogen (secondary N) is 1. The molecule has 2 aromatic heterocycles. The number of aromatic nitrogens is 3. The van der Waals surface area contributed by atoms with Crippen LogP contribution in [-0.2, 0) is 17.1 Å². The van der Waals surface area contributed by atoms with E-state index in [0.717, 1.165) is 16.9 Å². The zero-order chi connectivity index (χ0) is 15.8. The Morgan fingerprint density at radius 3 is 2.57 bits per heavy atom. The number of sulfonamides is 1. The van der Waals surface area contributed by atoms with Gasteiger partial charge in [0.25, 0.3) is 10.0 Å². The molecule has 0 aromatic carbocycles. The summed E-state index contributed by atoms with van der Waals surface area (Å²) in [5.41, 5.74) is -0.540. The van der Waals surface area contributed by atoms with Crippen molar-refractivity contribution in [2.45, 2.75) is 5.03 Å². The molecule has 0 aliphatic rings. The van der Waals surface area contributed by atoms with Gasteiger partial charge in [0.15, 0.2) is 5.03 Å². The van der Waals surface area contributed by atoms with Crippen LogP contribution in [0.5, 0.6) is 0 Å². The van der Waals surface area contributed by atoms with Crippen molar-refractivity contribution in [3.8, 4) is 0 Å². The van der Waals surface area contributed by atoms with Crippen LogP contribution in [0.3, 0.4) is 0 Å². The van der Waals surface area contributed by atoms with Crippen molar-refractivity contribution in [1.29, 1.82) is 0 Å². The van der Waals surface area contributed by atoms with E-state index in [1.165, 1.54) is 13.1 Å². The Morgan fingerprint density at radius 1 is 1.38 bits per heavy atom. The van der Waals surface area contributed by atoms with Gasteiger partial charge in [-0.1, -0.05) is 23.2 Å². The molecule has 0 aliphatic carbocycles. The van der Waals surface area contributed by atoms with E-state index in [0.29, 0.717) is 0 Å². The van der Waals surface area contributed by atoms with Crippen LogP contribution in [0.1, 0.15) is 0 Å². The molecule has 1 N–H and O–H groups in total. The van der Waals surface area contributed by atoms with Gasteiger partial charge in [-0.15, -0.1) is 0 Å². The van der Waals surface area contributed by atoms with Gasteiger partial charge in [-0.25, -0.2) is 4.98 Å². The molecule has 0 fully saturated rings. The summed E-state index contributed by atoms with van der Waals surface area (Å²) in [7, 11) is -2.85. The number of halogens is 2. The maximum Gasteiger partial charge on any atom is 0.312 e. The van der Waals surface area contributed by atoms with Crippen LogP contribution in [0.25, 0.3) is 0 Å². The summed E-state index contributed by atoms with van der Waals surface area (Å²) in [6, 6.07) is 2.21. The second kappa shape index (κ2) is 5.47. The topological polar surface area (TPSA) is 120 Å². The summed E-state index contributed by atoms with van der Waals surface area (Å²) in [6.45, 7) is 0. The summed E-state index contributed by atoms with van der Waals surface area (Å²) in [4.78, 5) is 13.7. The largest absolute Gasteiger partial charge is 0.312 e. The molecule has 112 valence electrons. The summed E-state index contributed by atoms with van der Waals surface area (Å²) in [6.07, 6.45) is 1.13. The Hall–Kier alpha value is -1.91. The predicted octanol–water partition coefficient (Wildman–Crippen LogP) is 1.83. The third-order valence-corrected chi connectivity index (χ3v) is 4.42. The van der Waals surface area contributed by atoms with Crippen molar-refractivity contribution in [1.82, 2.24) is 14.8 Å². The van der Waals surface area contributed by atoms with Crippen LogP contribution in [0.4, 0.5) is 11.5 Å². The fraction of sp³-hybridized carbons (Fsp3) is 0.111. The minimum absolute atomic E-state index is 0.102. The Labute approximate surface area is 128 Å². The number of rotatable bonds is 4. The van der Waals surface area contributed by atoms with Gasteiger partial charge in [0.2, 0.25) is 5.82 Å². The minimum Gasteiger partial charge on any atom is -0.258 e. The molecule has 12 heteroatoms. The molecule has 21 heavy (non-hydrogen) atoms. The molecule has 0 amide bonds. The monoisotopic (exact) mass is 351 g/mol. The van der Waals surface area contributed by atoms with Crippen molar-refractivity contribution in [2.75, 3.05) is 4.72 Å². The number of pyridine rings is 1. The summed E-state index contributed by atoms with van der Waals surface area (Å²) in [5, 5.41) is 14.0. The van der Waals surface area contributed by atoms with Gasteiger partial charge in [-0.3, -0.25) is 19.5 Å². The fourth-order valence-electron chi connectivity index (χ4n) is 1.53. The molecule has 0 saturated carbocycles. The molecule has 0 aliphatic heterocycles. The van der Waals surface area contributed by atoms with Crippen LogP contribution < -0.4 is 4.72 Å². The predicted molar refractivity (Wildman–Crippen MR) is 74.9 cm³/mol. The molecule has 2 aromatic rings. The van der Waals surface area contributed by atoms with Crippen LogP contribution in [0.2, 0.25) is 10.2 Å². The van der Waals surface area contributed by atoms with E-state index in [1.54, 1.807) is 0 Å². The van der Waals surface area contributed by atoms with Crippen LogP contribution in [0, 0.1) is 10.1 Å². The average molecular weight is 352 g/mol. The first-order chi connectivity index (χ1) is 9.72. The van der Waals surface area contributed by atoms with Crippen molar-refractivity contribution in [3.63, 3.8) is 0 Å². The van der Waals surface area contributed by atoms with Crippen molar-refractivity contribution >= 4 is 44.7 Å². The summed E-state index contributed by atoms with van der Waals surface area (Å²) < 4.78 is 27.5. The van der Waals surface area contributed by atoms with Crippen molar-refractivity contribution in [2.24, 2.45) is 7.05 Å². The van der Waals surface area contributed by atoms with Gasteiger partial charge >= 0.3 is 5.69 Å². The van der Waals surface area contributed by atoms with Gasteiger partial charge in [-0.2, -0.15) is 13.5 Å². The second-order valence-electron chi connectivity index (χ2n) is 3.79. The Kier molecular flexibility index (Phi) is 4.03. The molecule has 0 spiro atoms. The fourth-order valence-corrected chi connectivity index (χ4v) is 3.35. The Bertz CT molecular complexity index is 800. The van der Waals surface area contributed by atoms with E-state index in [9.17, 15) is 18.5 Å². The normalized spacial score (nSPS) is 11.4. The third-order valence-electron chi connectivity index (χ3n) is 2.36. The summed E-state index contributed by atoms with van der Waals surface area (Å²) >= 11 is 11.4. The zero-order valence-corrected chi connectivity index (χ0v) is 12.6. The lowest BCUT2D eigenvalue weighted by Gasteiger charge is -2.08. The third kappa shape index (κ3) is 3.06. The molecule has 0 radical (unpaired) electrons.